The summed E-state index contributed by atoms with van der Waals surface area (Å²) in [5, 5.41) is 20.5. The molecule has 12 heteroatoms. The lowest BCUT2D eigenvalue weighted by Crippen LogP contribution is -2.48. The molecule has 1 saturated heterocycles. The molecule has 4 rings (SSSR count). The van der Waals surface area contributed by atoms with Crippen molar-refractivity contribution in [1.29, 1.82) is 0 Å². The van der Waals surface area contributed by atoms with E-state index in [1.165, 1.54) is 4.57 Å². The molecule has 0 bridgehead atoms. The number of piperazine rings is 1. The van der Waals surface area contributed by atoms with Gasteiger partial charge in [0, 0.05) is 44.8 Å². The van der Waals surface area contributed by atoms with Crippen molar-refractivity contribution in [3.8, 4) is 5.75 Å². The van der Waals surface area contributed by atoms with E-state index in [1.807, 2.05) is 4.90 Å². The van der Waals surface area contributed by atoms with Gasteiger partial charge in [-0.25, -0.2) is 4.79 Å². The lowest BCUT2D eigenvalue weighted by molar-refractivity contribution is 0.0935. The number of fused-ring (bicyclic) bond motifs is 1. The molecule has 1 atom stereocenters. The molecular formula is C21H27ClN6O5. The smallest absolute Gasteiger partial charge is 0.329 e. The van der Waals surface area contributed by atoms with Gasteiger partial charge in [-0.05, 0) is 24.3 Å². The summed E-state index contributed by atoms with van der Waals surface area (Å²) in [6.45, 7) is 3.45. The molecular weight excluding hydrogens is 452 g/mol. The van der Waals surface area contributed by atoms with Gasteiger partial charge >= 0.3 is 5.69 Å². The van der Waals surface area contributed by atoms with Crippen molar-refractivity contribution in [2.45, 2.75) is 12.6 Å². The number of nitrogens with one attached hydrogen (secondary N) is 1. The normalized spacial score (nSPS) is 15.8. The van der Waals surface area contributed by atoms with Gasteiger partial charge in [0.2, 0.25) is 5.95 Å². The molecule has 3 N–H and O–H groups in total. The van der Waals surface area contributed by atoms with Crippen LogP contribution in [0.3, 0.4) is 0 Å². The first kappa shape index (κ1) is 23.3. The number of hydrogen-bond donors (Lipinski definition) is 3. The molecule has 2 aromatic heterocycles. The number of aromatic amines is 1. The number of aliphatic hydroxyl groups excluding tert-OH is 2. The van der Waals surface area contributed by atoms with E-state index >= 15 is 0 Å². The van der Waals surface area contributed by atoms with Crippen molar-refractivity contribution in [2.75, 3.05) is 50.8 Å². The van der Waals surface area contributed by atoms with Crippen LogP contribution in [0, 0.1) is 0 Å². The van der Waals surface area contributed by atoms with Crippen LogP contribution in [0.4, 0.5) is 5.95 Å². The number of aryl methyl sites for hydroxylation is 1. The number of H-pyrrole nitrogens is 1. The Balaban J connectivity index is 1.61. The van der Waals surface area contributed by atoms with Crippen LogP contribution in [-0.2, 0) is 13.6 Å². The quantitative estimate of drug-likeness (QED) is 0.400. The summed E-state index contributed by atoms with van der Waals surface area (Å²) in [7, 11) is 1.54. The molecule has 33 heavy (non-hydrogen) atoms. The predicted octanol–water partition coefficient (Wildman–Crippen LogP) is -0.369. The molecule has 0 unspecified atom stereocenters. The molecule has 1 aliphatic rings. The van der Waals surface area contributed by atoms with E-state index in [1.54, 1.807) is 35.9 Å². The minimum atomic E-state index is -0.941. The average molecular weight is 479 g/mol. The molecule has 1 aromatic carbocycles. The number of benzene rings is 1. The van der Waals surface area contributed by atoms with Gasteiger partial charge in [-0.15, -0.1) is 0 Å². The summed E-state index contributed by atoms with van der Waals surface area (Å²) >= 11 is 5.89. The van der Waals surface area contributed by atoms with Gasteiger partial charge in [0.25, 0.3) is 5.56 Å². The molecule has 11 nitrogen and oxygen atoms in total. The number of ether oxygens (including phenoxy) is 1. The van der Waals surface area contributed by atoms with Gasteiger partial charge in [0.1, 0.15) is 18.5 Å². The van der Waals surface area contributed by atoms with Crippen LogP contribution in [0.25, 0.3) is 11.2 Å². The Morgan fingerprint density at radius 1 is 1.18 bits per heavy atom. The van der Waals surface area contributed by atoms with E-state index in [0.29, 0.717) is 36.4 Å². The molecule has 178 valence electrons. The fraction of sp³-hybridized carbons (Fsp3) is 0.476. The molecule has 0 saturated carbocycles. The number of β-amino-alcohol motifs (C(OH)–C–C–N with tert-alkyl or cyclic N) is 1. The number of rotatable bonds is 8. The minimum Gasteiger partial charge on any atom is -0.491 e. The van der Waals surface area contributed by atoms with Crippen molar-refractivity contribution >= 4 is 28.7 Å². The first-order chi connectivity index (χ1) is 15.9. The van der Waals surface area contributed by atoms with E-state index in [4.69, 9.17) is 16.3 Å². The zero-order valence-corrected chi connectivity index (χ0v) is 19.0. The summed E-state index contributed by atoms with van der Waals surface area (Å²) in [6.07, 6.45) is -0.941. The van der Waals surface area contributed by atoms with Crippen LogP contribution in [0.5, 0.6) is 5.75 Å². The Kier molecular flexibility index (Phi) is 7.03. The summed E-state index contributed by atoms with van der Waals surface area (Å²) in [4.78, 5) is 35.9. The number of anilines is 1. The average Bonchev–Trinajstić information content (AvgIpc) is 3.17. The molecule has 0 aliphatic carbocycles. The third-order valence-electron chi connectivity index (χ3n) is 5.71. The number of halogens is 1. The number of aromatic nitrogens is 4. The molecule has 0 spiro atoms. The van der Waals surface area contributed by atoms with E-state index < -0.39 is 17.4 Å². The summed E-state index contributed by atoms with van der Waals surface area (Å²) in [6, 6.07) is 6.81. The maximum Gasteiger partial charge on any atom is 0.329 e. The highest BCUT2D eigenvalue weighted by atomic mass is 35.5. The van der Waals surface area contributed by atoms with Gasteiger partial charge in [-0.1, -0.05) is 11.6 Å². The number of imidazole rings is 1. The third-order valence-corrected chi connectivity index (χ3v) is 5.96. The largest absolute Gasteiger partial charge is 0.491 e. The van der Waals surface area contributed by atoms with Crippen LogP contribution >= 0.6 is 11.6 Å². The zero-order valence-electron chi connectivity index (χ0n) is 18.3. The summed E-state index contributed by atoms with van der Waals surface area (Å²) in [5.41, 5.74) is -0.641. The fourth-order valence-corrected chi connectivity index (χ4v) is 4.06. The highest BCUT2D eigenvalue weighted by Crippen LogP contribution is 2.22. The van der Waals surface area contributed by atoms with E-state index in [-0.39, 0.29) is 30.9 Å². The van der Waals surface area contributed by atoms with E-state index in [0.717, 1.165) is 13.1 Å². The molecule has 0 amide bonds. The standard InChI is InChI=1S/C21H27ClN6O5/c1-25-18-17(19(31)24-21(25)32)28(12-15(30)13-33-16-4-2-14(22)3-5-16)20(23-18)27-8-6-26(7-9-27)10-11-29/h2-5,15,29-30H,6-13H2,1H3,(H,24,31,32)/t15-/m0/s1. The lowest BCUT2D eigenvalue weighted by Gasteiger charge is -2.35. The molecule has 0 radical (unpaired) electrons. The SMILES string of the molecule is Cn1c(=O)[nH]c(=O)c2c1nc(N1CCN(CCO)CC1)n2C[C@H](O)COc1ccc(Cl)cc1. The lowest BCUT2D eigenvalue weighted by atomic mass is 10.3. The van der Waals surface area contributed by atoms with Crippen LogP contribution < -0.4 is 20.9 Å². The van der Waals surface area contributed by atoms with Crippen molar-refractivity contribution < 1.29 is 14.9 Å². The first-order valence-electron chi connectivity index (χ1n) is 10.7. The Labute approximate surface area is 194 Å². The molecule has 3 aromatic rings. The van der Waals surface area contributed by atoms with Gasteiger partial charge in [-0.3, -0.25) is 19.2 Å². The second kappa shape index (κ2) is 9.96. The topological polar surface area (TPSA) is 129 Å². The maximum atomic E-state index is 12.7. The zero-order chi connectivity index (χ0) is 23.5. The fourth-order valence-electron chi connectivity index (χ4n) is 3.94. The second-order valence-electron chi connectivity index (χ2n) is 7.98. The number of nitrogens with zero attached hydrogens (tertiary/aromatic N) is 5. The third kappa shape index (κ3) is 5.06. The molecule has 3 heterocycles. The van der Waals surface area contributed by atoms with Crippen LogP contribution in [0.15, 0.2) is 33.9 Å². The van der Waals surface area contributed by atoms with E-state index in [9.17, 15) is 19.8 Å². The van der Waals surface area contributed by atoms with Crippen molar-refractivity contribution in [3.05, 3.63) is 50.1 Å². The van der Waals surface area contributed by atoms with Gasteiger partial charge in [0.05, 0.1) is 13.2 Å². The van der Waals surface area contributed by atoms with Crippen LogP contribution in [0.1, 0.15) is 0 Å². The Morgan fingerprint density at radius 2 is 1.88 bits per heavy atom. The van der Waals surface area contributed by atoms with Crippen molar-refractivity contribution in [1.82, 2.24) is 24.0 Å². The first-order valence-corrected chi connectivity index (χ1v) is 11.1. The summed E-state index contributed by atoms with van der Waals surface area (Å²) in [5.74, 6) is 1.07. The van der Waals surface area contributed by atoms with E-state index in [2.05, 4.69) is 14.9 Å². The predicted molar refractivity (Wildman–Crippen MR) is 124 cm³/mol. The van der Waals surface area contributed by atoms with Gasteiger partial charge in [-0.2, -0.15) is 4.98 Å². The highest BCUT2D eigenvalue weighted by molar-refractivity contribution is 6.30. The monoisotopic (exact) mass is 478 g/mol. The molecule has 1 aliphatic heterocycles. The maximum absolute atomic E-state index is 12.7. The van der Waals surface area contributed by atoms with Crippen molar-refractivity contribution in [2.24, 2.45) is 7.05 Å². The number of aliphatic hydroxyl groups is 2. The summed E-state index contributed by atoms with van der Waals surface area (Å²) < 4.78 is 8.59. The molecule has 1 fully saturated rings. The Bertz CT molecular complexity index is 1210. The van der Waals surface area contributed by atoms with Crippen molar-refractivity contribution in [3.63, 3.8) is 0 Å². The Morgan fingerprint density at radius 3 is 2.55 bits per heavy atom. The minimum absolute atomic E-state index is 0.00527. The van der Waals surface area contributed by atoms with Gasteiger partial charge < -0.3 is 24.4 Å². The Hall–Kier alpha value is -2.86. The van der Waals surface area contributed by atoms with Crippen LogP contribution in [0.2, 0.25) is 5.02 Å². The van der Waals surface area contributed by atoms with Crippen LogP contribution in [-0.4, -0.2) is 86.3 Å². The van der Waals surface area contributed by atoms with Gasteiger partial charge in [0.15, 0.2) is 11.2 Å². The number of hydrogen-bond acceptors (Lipinski definition) is 8. The highest BCUT2D eigenvalue weighted by Gasteiger charge is 2.26. The second-order valence-corrected chi connectivity index (χ2v) is 8.42.